The number of amides is 4. The second kappa shape index (κ2) is 6.54. The first-order valence-corrected chi connectivity index (χ1v) is 9.51. The van der Waals surface area contributed by atoms with Gasteiger partial charge in [-0.15, -0.1) is 0 Å². The minimum Gasteiger partial charge on any atom is -0.325 e. The van der Waals surface area contributed by atoms with E-state index in [0.717, 1.165) is 31.6 Å². The Bertz CT molecular complexity index is 771. The lowest BCUT2D eigenvalue weighted by Gasteiger charge is -2.47. The number of likely N-dealkylation sites (tertiary alicyclic amines) is 2. The van der Waals surface area contributed by atoms with Crippen LogP contribution in [0.2, 0.25) is 0 Å². The Morgan fingerprint density at radius 3 is 2.48 bits per heavy atom. The Morgan fingerprint density at radius 1 is 1.11 bits per heavy atom. The Labute approximate surface area is 158 Å². The van der Waals surface area contributed by atoms with Gasteiger partial charge in [-0.1, -0.05) is 0 Å². The summed E-state index contributed by atoms with van der Waals surface area (Å²) in [6.07, 6.45) is 6.24. The van der Waals surface area contributed by atoms with E-state index < -0.39 is 5.54 Å². The van der Waals surface area contributed by atoms with Crippen LogP contribution in [0.5, 0.6) is 0 Å². The molecule has 0 aromatic carbocycles. The Morgan fingerprint density at radius 2 is 1.85 bits per heavy atom. The highest BCUT2D eigenvalue weighted by Gasteiger charge is 2.51. The molecule has 3 aliphatic rings. The van der Waals surface area contributed by atoms with Gasteiger partial charge in [0.05, 0.1) is 24.0 Å². The molecule has 0 radical (unpaired) electrons. The van der Waals surface area contributed by atoms with Crippen LogP contribution in [0.3, 0.4) is 0 Å². The zero-order valence-electron chi connectivity index (χ0n) is 15.9. The van der Waals surface area contributed by atoms with Crippen LogP contribution in [0.4, 0.5) is 10.5 Å². The summed E-state index contributed by atoms with van der Waals surface area (Å²) in [5.41, 5.74) is 0.194. The summed E-state index contributed by atoms with van der Waals surface area (Å²) < 4.78 is 1.66. The molecule has 9 heteroatoms. The molecule has 146 valence electrons. The zero-order valence-corrected chi connectivity index (χ0v) is 15.9. The molecule has 1 aromatic rings. The van der Waals surface area contributed by atoms with E-state index in [1.807, 2.05) is 16.8 Å². The molecule has 0 unspecified atom stereocenters. The van der Waals surface area contributed by atoms with Gasteiger partial charge in [0.25, 0.3) is 0 Å². The number of urea groups is 1. The fourth-order valence-corrected chi connectivity index (χ4v) is 4.56. The molecule has 3 aliphatic heterocycles. The molecule has 0 bridgehead atoms. The summed E-state index contributed by atoms with van der Waals surface area (Å²) in [5, 5.41) is 4.16. The molecule has 1 atom stereocenters. The predicted octanol–water partition coefficient (Wildman–Crippen LogP) is 0.276. The average Bonchev–Trinajstić information content (AvgIpc) is 3.37. The average molecular weight is 374 g/mol. The maximum absolute atomic E-state index is 12.8. The van der Waals surface area contributed by atoms with Crippen LogP contribution in [-0.2, 0) is 16.6 Å². The van der Waals surface area contributed by atoms with Crippen molar-refractivity contribution in [3.05, 3.63) is 12.4 Å². The maximum Gasteiger partial charge on any atom is 0.320 e. The summed E-state index contributed by atoms with van der Waals surface area (Å²) in [6.45, 7) is 4.61. The molecule has 0 N–H and O–H groups in total. The van der Waals surface area contributed by atoms with Crippen LogP contribution in [-0.4, -0.2) is 87.1 Å². The second-order valence-corrected chi connectivity index (χ2v) is 7.83. The van der Waals surface area contributed by atoms with Gasteiger partial charge in [-0.25, -0.2) is 4.79 Å². The summed E-state index contributed by atoms with van der Waals surface area (Å²) in [6, 6.07) is 0.0534. The largest absolute Gasteiger partial charge is 0.325 e. The number of aryl methyl sites for hydroxylation is 1. The zero-order chi connectivity index (χ0) is 19.2. The van der Waals surface area contributed by atoms with Gasteiger partial charge in [0.2, 0.25) is 11.8 Å². The van der Waals surface area contributed by atoms with Gasteiger partial charge in [0.1, 0.15) is 6.54 Å². The lowest BCUT2D eigenvalue weighted by molar-refractivity contribution is -0.142. The van der Waals surface area contributed by atoms with Crippen molar-refractivity contribution in [2.75, 3.05) is 44.2 Å². The highest BCUT2D eigenvalue weighted by atomic mass is 16.2. The van der Waals surface area contributed by atoms with Crippen molar-refractivity contribution in [3.63, 3.8) is 0 Å². The Kier molecular flexibility index (Phi) is 4.32. The Hall–Kier alpha value is -2.58. The number of piperazine rings is 1. The molecule has 3 fully saturated rings. The van der Waals surface area contributed by atoms with E-state index in [2.05, 4.69) is 5.10 Å². The number of rotatable bonds is 1. The minimum absolute atomic E-state index is 0.0377. The van der Waals surface area contributed by atoms with Gasteiger partial charge in [-0.05, 0) is 19.3 Å². The van der Waals surface area contributed by atoms with Crippen LogP contribution >= 0.6 is 0 Å². The number of hydrogen-bond acceptors (Lipinski definition) is 4. The normalized spacial score (nSPS) is 25.8. The molecule has 1 spiro atoms. The fraction of sp³-hybridized carbons (Fsp3) is 0.667. The van der Waals surface area contributed by atoms with E-state index in [1.54, 1.807) is 26.9 Å². The monoisotopic (exact) mass is 374 g/mol. The predicted molar refractivity (Wildman–Crippen MR) is 98.1 cm³/mol. The summed E-state index contributed by atoms with van der Waals surface area (Å²) in [5.74, 6) is -0.238. The number of aromatic nitrogens is 2. The van der Waals surface area contributed by atoms with Crippen LogP contribution < -0.4 is 4.90 Å². The minimum atomic E-state index is -0.537. The number of anilines is 1. The van der Waals surface area contributed by atoms with E-state index in [-0.39, 0.29) is 24.4 Å². The highest BCUT2D eigenvalue weighted by molar-refractivity contribution is 5.98. The molecule has 3 saturated heterocycles. The van der Waals surface area contributed by atoms with Crippen molar-refractivity contribution < 1.29 is 14.4 Å². The van der Waals surface area contributed by atoms with Crippen molar-refractivity contribution >= 4 is 23.5 Å². The van der Waals surface area contributed by atoms with E-state index in [4.69, 9.17) is 0 Å². The van der Waals surface area contributed by atoms with Crippen molar-refractivity contribution in [2.45, 2.75) is 31.7 Å². The quantitative estimate of drug-likeness (QED) is 0.707. The molecule has 9 nitrogen and oxygen atoms in total. The van der Waals surface area contributed by atoms with Crippen LogP contribution in [0.1, 0.15) is 26.2 Å². The first-order valence-electron chi connectivity index (χ1n) is 9.51. The summed E-state index contributed by atoms with van der Waals surface area (Å²) in [7, 11) is 1.81. The third-order valence-electron chi connectivity index (χ3n) is 5.98. The lowest BCUT2D eigenvalue weighted by Crippen LogP contribution is -2.67. The summed E-state index contributed by atoms with van der Waals surface area (Å²) in [4.78, 5) is 44.9. The highest BCUT2D eigenvalue weighted by Crippen LogP contribution is 2.35. The molecule has 1 aromatic heterocycles. The van der Waals surface area contributed by atoms with Gasteiger partial charge in [0, 0.05) is 46.3 Å². The lowest BCUT2D eigenvalue weighted by atomic mass is 9.92. The van der Waals surface area contributed by atoms with Crippen molar-refractivity contribution in [3.8, 4) is 0 Å². The molecular weight excluding hydrogens is 348 g/mol. The molecule has 0 aliphatic carbocycles. The smallest absolute Gasteiger partial charge is 0.320 e. The van der Waals surface area contributed by atoms with E-state index in [1.165, 1.54) is 6.92 Å². The van der Waals surface area contributed by atoms with Crippen LogP contribution in [0, 0.1) is 0 Å². The number of nitrogens with zero attached hydrogens (tertiary/aromatic N) is 6. The van der Waals surface area contributed by atoms with Gasteiger partial charge in [-0.2, -0.15) is 5.10 Å². The third-order valence-corrected chi connectivity index (χ3v) is 5.98. The standard InChI is InChI=1S/C18H26N6O3/c1-14(25)24-11-16(26)23(15-9-19-20(2)10-15)13-18(24)5-8-22(12-18)17(27)21-6-3-4-7-21/h9-10H,3-8,11-13H2,1-2H3/t18-/m0/s1. The van der Waals surface area contributed by atoms with Crippen LogP contribution in [0.25, 0.3) is 0 Å². The molecule has 27 heavy (non-hydrogen) atoms. The summed E-state index contributed by atoms with van der Waals surface area (Å²) >= 11 is 0. The number of carbonyl (C=O) groups excluding carboxylic acids is 3. The second-order valence-electron chi connectivity index (χ2n) is 7.83. The van der Waals surface area contributed by atoms with Crippen molar-refractivity contribution in [1.82, 2.24) is 24.5 Å². The first-order chi connectivity index (χ1) is 12.9. The van der Waals surface area contributed by atoms with E-state index in [9.17, 15) is 14.4 Å². The maximum atomic E-state index is 12.8. The van der Waals surface area contributed by atoms with Crippen molar-refractivity contribution in [2.24, 2.45) is 7.05 Å². The SMILES string of the molecule is CC(=O)N1CC(=O)N(c2cnn(C)c2)C[C@@]12CCN(C(=O)N1CCCC1)C2. The van der Waals surface area contributed by atoms with E-state index in [0.29, 0.717) is 26.1 Å². The van der Waals surface area contributed by atoms with Crippen LogP contribution in [0.15, 0.2) is 12.4 Å². The molecule has 4 amide bonds. The number of hydrogen-bond donors (Lipinski definition) is 0. The number of carbonyl (C=O) groups is 3. The van der Waals surface area contributed by atoms with Gasteiger partial charge < -0.3 is 19.6 Å². The molecule has 0 saturated carbocycles. The fourth-order valence-electron chi connectivity index (χ4n) is 4.56. The third kappa shape index (κ3) is 3.04. The molecular formula is C18H26N6O3. The Balaban J connectivity index is 1.58. The van der Waals surface area contributed by atoms with Gasteiger partial charge in [0.15, 0.2) is 0 Å². The van der Waals surface area contributed by atoms with Gasteiger partial charge >= 0.3 is 6.03 Å². The van der Waals surface area contributed by atoms with E-state index >= 15 is 0 Å². The first kappa shape index (κ1) is 17.8. The molecule has 4 rings (SSSR count). The molecule has 4 heterocycles. The van der Waals surface area contributed by atoms with Gasteiger partial charge in [-0.3, -0.25) is 14.3 Å². The topological polar surface area (TPSA) is 82.0 Å². The van der Waals surface area contributed by atoms with Crippen molar-refractivity contribution in [1.29, 1.82) is 0 Å².